The van der Waals surface area contributed by atoms with Crippen LogP contribution in [0, 0.1) is 11.8 Å². The number of carbonyl (C=O) groups is 1. The summed E-state index contributed by atoms with van der Waals surface area (Å²) >= 11 is 0. The average molecular weight is 286 g/mol. The van der Waals surface area contributed by atoms with Crippen LogP contribution in [-0.4, -0.2) is 25.8 Å². The van der Waals surface area contributed by atoms with Crippen molar-refractivity contribution in [1.29, 1.82) is 0 Å². The van der Waals surface area contributed by atoms with Gasteiger partial charge in [0.25, 0.3) is 0 Å². The maximum absolute atomic E-state index is 12.1. The molecule has 3 atom stereocenters. The minimum atomic E-state index is -0.669. The lowest BCUT2D eigenvalue weighted by atomic mass is 9.73. The highest BCUT2D eigenvalue weighted by Crippen LogP contribution is 2.37. The minimum absolute atomic E-state index is 0.134. The summed E-state index contributed by atoms with van der Waals surface area (Å²) in [5, 5.41) is 0. The Bertz CT molecular complexity index is 533. The van der Waals surface area contributed by atoms with E-state index in [2.05, 4.69) is 19.1 Å². The molecule has 0 N–H and O–H groups in total. The fraction of sp³-hybridized carbons (Fsp3) is 0.389. The third kappa shape index (κ3) is 3.08. The second-order valence-corrected chi connectivity index (χ2v) is 5.39. The normalized spacial score (nSPS) is 25.6. The molecule has 0 spiro atoms. The van der Waals surface area contributed by atoms with E-state index in [0.717, 1.165) is 6.42 Å². The first-order chi connectivity index (χ1) is 10.1. The number of hydrogen-bond acceptors (Lipinski definition) is 3. The Labute approximate surface area is 126 Å². The van der Waals surface area contributed by atoms with Gasteiger partial charge in [0.1, 0.15) is 11.5 Å². The van der Waals surface area contributed by atoms with Gasteiger partial charge in [0.05, 0.1) is 7.11 Å². The van der Waals surface area contributed by atoms with Crippen molar-refractivity contribution >= 4 is 5.97 Å². The second kappa shape index (κ2) is 6.72. The number of rotatable bonds is 5. The molecule has 1 aromatic carbocycles. The quantitative estimate of drug-likeness (QED) is 0.780. The van der Waals surface area contributed by atoms with Gasteiger partial charge in [-0.25, -0.2) is 0 Å². The topological polar surface area (TPSA) is 35.5 Å². The van der Waals surface area contributed by atoms with Crippen molar-refractivity contribution in [3.63, 3.8) is 0 Å². The molecule has 0 radical (unpaired) electrons. The highest BCUT2D eigenvalue weighted by Gasteiger charge is 2.45. The van der Waals surface area contributed by atoms with Crippen molar-refractivity contribution in [1.82, 2.24) is 0 Å². The minimum Gasteiger partial charge on any atom is -0.468 e. The highest BCUT2D eigenvalue weighted by atomic mass is 16.5. The highest BCUT2D eigenvalue weighted by molar-refractivity contribution is 5.77. The number of carbonyl (C=O) groups excluding carboxylic acids is 1. The van der Waals surface area contributed by atoms with Crippen LogP contribution in [0.25, 0.3) is 0 Å². The van der Waals surface area contributed by atoms with Gasteiger partial charge in [-0.2, -0.15) is 0 Å². The maximum Gasteiger partial charge on any atom is 0.315 e. The summed E-state index contributed by atoms with van der Waals surface area (Å²) < 4.78 is 10.8. The molecule has 0 aliphatic heterocycles. The third-order valence-electron chi connectivity index (χ3n) is 4.22. The number of methoxy groups -OCH3 is 2. The molecule has 0 amide bonds. The van der Waals surface area contributed by atoms with Crippen LogP contribution in [0.5, 0.6) is 0 Å². The van der Waals surface area contributed by atoms with Crippen LogP contribution in [0.4, 0.5) is 0 Å². The predicted molar refractivity (Wildman–Crippen MR) is 82.8 cm³/mol. The van der Waals surface area contributed by atoms with Gasteiger partial charge in [0.15, 0.2) is 0 Å². The molecule has 21 heavy (non-hydrogen) atoms. The van der Waals surface area contributed by atoms with Crippen LogP contribution in [0.3, 0.4) is 0 Å². The number of benzene rings is 1. The molecule has 1 aromatic rings. The Kier molecular flexibility index (Phi) is 4.97. The van der Waals surface area contributed by atoms with Gasteiger partial charge in [-0.1, -0.05) is 61.6 Å². The molecule has 3 nitrogen and oxygen atoms in total. The van der Waals surface area contributed by atoms with E-state index in [1.165, 1.54) is 12.7 Å². The molecule has 1 aliphatic carbocycles. The SMILES string of the molecule is COC(=O)C1C=CC=CC1(OC)C(C)Cc1ccccc1. The van der Waals surface area contributed by atoms with Gasteiger partial charge in [0, 0.05) is 7.11 Å². The number of ether oxygens (including phenoxy) is 2. The lowest BCUT2D eigenvalue weighted by molar-refractivity contribution is -0.154. The van der Waals surface area contributed by atoms with Gasteiger partial charge in [-0.3, -0.25) is 4.79 Å². The van der Waals surface area contributed by atoms with E-state index in [0.29, 0.717) is 0 Å². The smallest absolute Gasteiger partial charge is 0.315 e. The summed E-state index contributed by atoms with van der Waals surface area (Å²) in [6.45, 7) is 2.11. The van der Waals surface area contributed by atoms with Crippen molar-refractivity contribution in [2.24, 2.45) is 11.8 Å². The first-order valence-corrected chi connectivity index (χ1v) is 7.17. The van der Waals surface area contributed by atoms with Crippen molar-refractivity contribution < 1.29 is 14.3 Å². The van der Waals surface area contributed by atoms with E-state index in [-0.39, 0.29) is 11.9 Å². The third-order valence-corrected chi connectivity index (χ3v) is 4.22. The van der Waals surface area contributed by atoms with Crippen molar-refractivity contribution in [3.05, 3.63) is 60.2 Å². The predicted octanol–water partition coefficient (Wildman–Crippen LogP) is 3.17. The molecule has 1 aliphatic rings. The van der Waals surface area contributed by atoms with E-state index >= 15 is 0 Å². The van der Waals surface area contributed by atoms with E-state index in [1.807, 2.05) is 42.5 Å². The molecule has 3 unspecified atom stereocenters. The second-order valence-electron chi connectivity index (χ2n) is 5.39. The lowest BCUT2D eigenvalue weighted by Gasteiger charge is -2.40. The summed E-state index contributed by atoms with van der Waals surface area (Å²) in [4.78, 5) is 12.1. The monoisotopic (exact) mass is 286 g/mol. The molecule has 112 valence electrons. The van der Waals surface area contributed by atoms with Gasteiger partial charge in [-0.05, 0) is 17.9 Å². The van der Waals surface area contributed by atoms with Crippen LogP contribution >= 0.6 is 0 Å². The Morgan fingerprint density at radius 2 is 1.95 bits per heavy atom. The van der Waals surface area contributed by atoms with Gasteiger partial charge in [0.2, 0.25) is 0 Å². The van der Waals surface area contributed by atoms with Crippen molar-refractivity contribution in [3.8, 4) is 0 Å². The Morgan fingerprint density at radius 3 is 2.57 bits per heavy atom. The van der Waals surface area contributed by atoms with Crippen molar-refractivity contribution in [2.45, 2.75) is 18.9 Å². The van der Waals surface area contributed by atoms with E-state index < -0.39 is 11.5 Å². The zero-order valence-corrected chi connectivity index (χ0v) is 12.8. The molecule has 2 rings (SSSR count). The van der Waals surface area contributed by atoms with Gasteiger partial charge >= 0.3 is 5.97 Å². The summed E-state index contributed by atoms with van der Waals surface area (Å²) in [6, 6.07) is 10.2. The summed E-state index contributed by atoms with van der Waals surface area (Å²) in [7, 11) is 3.07. The molecule has 0 bridgehead atoms. The first kappa shape index (κ1) is 15.5. The number of esters is 1. The molecule has 0 saturated carbocycles. The Morgan fingerprint density at radius 1 is 1.24 bits per heavy atom. The number of allylic oxidation sites excluding steroid dienone is 2. The lowest BCUT2D eigenvalue weighted by Crippen LogP contribution is -2.48. The van der Waals surface area contributed by atoms with Crippen LogP contribution in [0.15, 0.2) is 54.6 Å². The zero-order chi connectivity index (χ0) is 15.3. The van der Waals surface area contributed by atoms with Crippen LogP contribution in [0.1, 0.15) is 12.5 Å². The molecule has 3 heteroatoms. The van der Waals surface area contributed by atoms with Crippen LogP contribution in [-0.2, 0) is 20.7 Å². The summed E-state index contributed by atoms with van der Waals surface area (Å²) in [5.74, 6) is -0.552. The van der Waals surface area contributed by atoms with Gasteiger partial charge < -0.3 is 9.47 Å². The molecule has 0 fully saturated rings. The van der Waals surface area contributed by atoms with Gasteiger partial charge in [-0.15, -0.1) is 0 Å². The standard InChI is InChI=1S/C18H22O3/c1-14(13-15-9-5-4-6-10-15)18(21-3)12-8-7-11-16(18)17(19)20-2/h4-12,14,16H,13H2,1-3H3. The van der Waals surface area contributed by atoms with E-state index in [4.69, 9.17) is 9.47 Å². The van der Waals surface area contributed by atoms with Crippen molar-refractivity contribution in [2.75, 3.05) is 14.2 Å². The summed E-state index contributed by atoms with van der Waals surface area (Å²) in [6.07, 6.45) is 8.47. The molecular formula is C18H22O3. The fourth-order valence-corrected chi connectivity index (χ4v) is 3.02. The zero-order valence-electron chi connectivity index (χ0n) is 12.8. The van der Waals surface area contributed by atoms with E-state index in [1.54, 1.807) is 7.11 Å². The average Bonchev–Trinajstić information content (AvgIpc) is 2.54. The van der Waals surface area contributed by atoms with Crippen LogP contribution in [0.2, 0.25) is 0 Å². The van der Waals surface area contributed by atoms with E-state index in [9.17, 15) is 4.79 Å². The molecule has 0 heterocycles. The summed E-state index contributed by atoms with van der Waals surface area (Å²) in [5.41, 5.74) is 0.561. The first-order valence-electron chi connectivity index (χ1n) is 7.17. The Hall–Kier alpha value is -1.87. The largest absolute Gasteiger partial charge is 0.468 e. The maximum atomic E-state index is 12.1. The molecule has 0 saturated heterocycles. The number of hydrogen-bond donors (Lipinski definition) is 0. The molecule has 0 aromatic heterocycles. The Balaban J connectivity index is 2.28. The molecular weight excluding hydrogens is 264 g/mol. The van der Waals surface area contributed by atoms with Crippen LogP contribution < -0.4 is 0 Å². The fourth-order valence-electron chi connectivity index (χ4n) is 3.02.